The third kappa shape index (κ3) is 4.62. The molecule has 2 aromatic carbocycles. The van der Waals surface area contributed by atoms with Crippen molar-refractivity contribution < 1.29 is 14.3 Å². The number of carbonyl (C=O) groups excluding carboxylic acids is 1. The van der Waals surface area contributed by atoms with Crippen molar-refractivity contribution in [2.24, 2.45) is 0 Å². The van der Waals surface area contributed by atoms with Gasteiger partial charge in [0.25, 0.3) is 5.56 Å². The zero-order valence-corrected chi connectivity index (χ0v) is 17.8. The molecule has 0 bridgehead atoms. The molecule has 30 heavy (non-hydrogen) atoms. The molecule has 0 spiro atoms. The minimum Gasteiger partial charge on any atom is -0.493 e. The molecule has 0 saturated carbocycles. The Hall–Kier alpha value is -3.35. The highest BCUT2D eigenvalue weighted by Crippen LogP contribution is 2.27. The minimum atomic E-state index is -0.121. The van der Waals surface area contributed by atoms with Crippen LogP contribution in [0, 0.1) is 6.92 Å². The number of benzene rings is 2. The zero-order valence-electron chi connectivity index (χ0n) is 17.8. The number of likely N-dealkylation sites (N-methyl/N-ethyl adjacent to an activating group) is 1. The molecule has 0 saturated heterocycles. The lowest BCUT2D eigenvalue weighted by atomic mass is 10.1. The predicted molar refractivity (Wildman–Crippen MR) is 116 cm³/mol. The standard InChI is InChI=1S/C23H27N3O4/c1-16-6-5-7-18-22(16)24-15-26(23(18)28)13-11-21(27)25(2)12-10-17-8-9-19(29-3)20(14-17)30-4/h5-9,14-15H,10-13H2,1-4H3. The summed E-state index contributed by atoms with van der Waals surface area (Å²) < 4.78 is 12.1. The highest BCUT2D eigenvalue weighted by Gasteiger charge is 2.12. The number of methoxy groups -OCH3 is 2. The van der Waals surface area contributed by atoms with E-state index in [1.54, 1.807) is 32.2 Å². The summed E-state index contributed by atoms with van der Waals surface area (Å²) in [5.41, 5.74) is 2.60. The maximum absolute atomic E-state index is 12.7. The number of aryl methyl sites for hydroxylation is 2. The molecule has 0 unspecified atom stereocenters. The summed E-state index contributed by atoms with van der Waals surface area (Å²) in [6, 6.07) is 11.3. The van der Waals surface area contributed by atoms with Gasteiger partial charge in [-0.15, -0.1) is 0 Å². The summed E-state index contributed by atoms with van der Waals surface area (Å²) >= 11 is 0. The normalized spacial score (nSPS) is 10.8. The van der Waals surface area contributed by atoms with Crippen LogP contribution in [0.4, 0.5) is 0 Å². The topological polar surface area (TPSA) is 73.7 Å². The van der Waals surface area contributed by atoms with Gasteiger partial charge in [0.1, 0.15) is 0 Å². The summed E-state index contributed by atoms with van der Waals surface area (Å²) in [6.45, 7) is 2.80. The molecule has 0 fully saturated rings. The molecule has 0 aliphatic carbocycles. The number of fused-ring (bicyclic) bond motifs is 1. The molecule has 7 heteroatoms. The average molecular weight is 409 g/mol. The van der Waals surface area contributed by atoms with E-state index < -0.39 is 0 Å². The van der Waals surface area contributed by atoms with Crippen LogP contribution < -0.4 is 15.0 Å². The van der Waals surface area contributed by atoms with Crippen molar-refractivity contribution in [3.8, 4) is 11.5 Å². The smallest absolute Gasteiger partial charge is 0.261 e. The molecule has 1 aromatic heterocycles. The quantitative estimate of drug-likeness (QED) is 0.572. The summed E-state index contributed by atoms with van der Waals surface area (Å²) in [5.74, 6) is 1.32. The van der Waals surface area contributed by atoms with Gasteiger partial charge in [-0.2, -0.15) is 0 Å². The van der Waals surface area contributed by atoms with E-state index in [4.69, 9.17) is 9.47 Å². The van der Waals surface area contributed by atoms with Crippen molar-refractivity contribution >= 4 is 16.8 Å². The number of para-hydroxylation sites is 1. The van der Waals surface area contributed by atoms with Crippen LogP contribution in [0.5, 0.6) is 11.5 Å². The van der Waals surface area contributed by atoms with E-state index in [0.29, 0.717) is 41.9 Å². The number of nitrogens with zero attached hydrogens (tertiary/aromatic N) is 3. The van der Waals surface area contributed by atoms with Crippen molar-refractivity contribution in [3.05, 3.63) is 64.2 Å². The SMILES string of the molecule is COc1ccc(CCN(C)C(=O)CCn2cnc3c(C)cccc3c2=O)cc1OC. The average Bonchev–Trinajstić information content (AvgIpc) is 2.77. The molecule has 3 aromatic rings. The van der Waals surface area contributed by atoms with Crippen molar-refractivity contribution in [1.82, 2.24) is 14.5 Å². The molecule has 7 nitrogen and oxygen atoms in total. The Bertz CT molecular complexity index is 1110. The maximum atomic E-state index is 12.7. The first-order valence-corrected chi connectivity index (χ1v) is 9.84. The predicted octanol–water partition coefficient (Wildman–Crippen LogP) is 2.81. The summed E-state index contributed by atoms with van der Waals surface area (Å²) in [4.78, 5) is 31.3. The van der Waals surface area contributed by atoms with Gasteiger partial charge < -0.3 is 14.4 Å². The van der Waals surface area contributed by atoms with Gasteiger partial charge in [0.05, 0.1) is 31.4 Å². The van der Waals surface area contributed by atoms with Crippen LogP contribution in [0.15, 0.2) is 47.5 Å². The minimum absolute atomic E-state index is 0.0216. The van der Waals surface area contributed by atoms with Crippen LogP contribution in [0.1, 0.15) is 17.5 Å². The number of ether oxygens (including phenoxy) is 2. The molecule has 0 N–H and O–H groups in total. The Kier molecular flexibility index (Phi) is 6.72. The number of hydrogen-bond acceptors (Lipinski definition) is 5. The summed E-state index contributed by atoms with van der Waals surface area (Å²) in [5, 5.41) is 0.576. The lowest BCUT2D eigenvalue weighted by Crippen LogP contribution is -2.31. The van der Waals surface area contributed by atoms with Crippen LogP contribution in [-0.2, 0) is 17.8 Å². The molecule has 1 amide bonds. The molecule has 0 aliphatic heterocycles. The lowest BCUT2D eigenvalue weighted by Gasteiger charge is -2.18. The Balaban J connectivity index is 1.59. The first kappa shape index (κ1) is 21.4. The Morgan fingerprint density at radius 3 is 2.63 bits per heavy atom. The first-order valence-electron chi connectivity index (χ1n) is 9.84. The Morgan fingerprint density at radius 1 is 1.13 bits per heavy atom. The summed E-state index contributed by atoms with van der Waals surface area (Å²) in [6.07, 6.45) is 2.45. The largest absolute Gasteiger partial charge is 0.493 e. The van der Waals surface area contributed by atoms with E-state index in [2.05, 4.69) is 4.98 Å². The second kappa shape index (κ2) is 9.43. The van der Waals surface area contributed by atoms with Gasteiger partial charge >= 0.3 is 0 Å². The van der Waals surface area contributed by atoms with E-state index in [-0.39, 0.29) is 17.9 Å². The van der Waals surface area contributed by atoms with E-state index in [9.17, 15) is 9.59 Å². The zero-order chi connectivity index (χ0) is 21.7. The summed E-state index contributed by atoms with van der Waals surface area (Å²) in [7, 11) is 4.97. The van der Waals surface area contributed by atoms with E-state index in [1.165, 1.54) is 10.9 Å². The Labute approximate surface area is 175 Å². The molecule has 1 heterocycles. The van der Waals surface area contributed by atoms with Gasteiger partial charge in [-0.25, -0.2) is 4.98 Å². The van der Waals surface area contributed by atoms with Crippen molar-refractivity contribution in [1.29, 1.82) is 0 Å². The molecule has 0 radical (unpaired) electrons. The molecular weight excluding hydrogens is 382 g/mol. The highest BCUT2D eigenvalue weighted by atomic mass is 16.5. The molecule has 0 atom stereocenters. The van der Waals surface area contributed by atoms with Gasteiger partial charge in [0.15, 0.2) is 11.5 Å². The third-order valence-corrected chi connectivity index (χ3v) is 5.23. The second-order valence-electron chi connectivity index (χ2n) is 7.22. The number of amides is 1. The first-order chi connectivity index (χ1) is 14.4. The number of carbonyl (C=O) groups is 1. The highest BCUT2D eigenvalue weighted by molar-refractivity contribution is 5.80. The molecular formula is C23H27N3O4. The molecule has 3 rings (SSSR count). The van der Waals surface area contributed by atoms with Crippen LogP contribution in [0.2, 0.25) is 0 Å². The number of aromatic nitrogens is 2. The van der Waals surface area contributed by atoms with Crippen LogP contribution in [-0.4, -0.2) is 48.2 Å². The van der Waals surface area contributed by atoms with Gasteiger partial charge in [-0.05, 0) is 42.7 Å². The number of hydrogen-bond donors (Lipinski definition) is 0. The molecule has 0 aliphatic rings. The van der Waals surface area contributed by atoms with Crippen molar-refractivity contribution in [2.45, 2.75) is 26.3 Å². The van der Waals surface area contributed by atoms with Gasteiger partial charge in [0.2, 0.25) is 5.91 Å². The second-order valence-corrected chi connectivity index (χ2v) is 7.22. The fourth-order valence-electron chi connectivity index (χ4n) is 3.36. The van der Waals surface area contributed by atoms with Crippen molar-refractivity contribution in [2.75, 3.05) is 27.8 Å². The van der Waals surface area contributed by atoms with Gasteiger partial charge in [-0.3, -0.25) is 14.2 Å². The third-order valence-electron chi connectivity index (χ3n) is 5.23. The molecule has 158 valence electrons. The van der Waals surface area contributed by atoms with Gasteiger partial charge in [0, 0.05) is 26.6 Å². The van der Waals surface area contributed by atoms with E-state index >= 15 is 0 Å². The van der Waals surface area contributed by atoms with E-state index in [0.717, 1.165) is 11.1 Å². The van der Waals surface area contributed by atoms with Crippen LogP contribution >= 0.6 is 0 Å². The fourth-order valence-corrected chi connectivity index (χ4v) is 3.36. The number of rotatable bonds is 8. The van der Waals surface area contributed by atoms with E-state index in [1.807, 2.05) is 37.3 Å². The van der Waals surface area contributed by atoms with Crippen LogP contribution in [0.25, 0.3) is 10.9 Å². The Morgan fingerprint density at radius 2 is 1.90 bits per heavy atom. The van der Waals surface area contributed by atoms with Crippen molar-refractivity contribution in [3.63, 3.8) is 0 Å². The monoisotopic (exact) mass is 409 g/mol. The maximum Gasteiger partial charge on any atom is 0.261 e. The lowest BCUT2D eigenvalue weighted by molar-refractivity contribution is -0.130. The van der Waals surface area contributed by atoms with Gasteiger partial charge in [-0.1, -0.05) is 18.2 Å². The fraction of sp³-hybridized carbons (Fsp3) is 0.348. The van der Waals surface area contributed by atoms with Crippen LogP contribution in [0.3, 0.4) is 0 Å².